The van der Waals surface area contributed by atoms with Crippen LogP contribution in [0.5, 0.6) is 5.75 Å². The predicted octanol–water partition coefficient (Wildman–Crippen LogP) is 2.37. The van der Waals surface area contributed by atoms with Crippen LogP contribution in [0, 0.1) is 0 Å². The zero-order valence-corrected chi connectivity index (χ0v) is 8.54. The molecule has 0 aliphatic heterocycles. The molecule has 0 radical (unpaired) electrons. The number of halogens is 1. The number of rotatable bonds is 4. The average molecular weight is 215 g/mol. The number of hydrogen-bond donors (Lipinski definition) is 1. The average Bonchev–Trinajstić information content (AvgIpc) is 2.10. The summed E-state index contributed by atoms with van der Waals surface area (Å²) in [5, 5.41) is 9.07. The van der Waals surface area contributed by atoms with Crippen LogP contribution in [0.2, 0.25) is 5.02 Å². The highest BCUT2D eigenvalue weighted by Crippen LogP contribution is 2.22. The van der Waals surface area contributed by atoms with Crippen molar-refractivity contribution in [3.05, 3.63) is 28.8 Å². The maximum absolute atomic E-state index is 10.5. The van der Waals surface area contributed by atoms with E-state index >= 15 is 0 Å². The van der Waals surface area contributed by atoms with Crippen molar-refractivity contribution in [2.24, 2.45) is 0 Å². The standard InChI is InChI=1S/C10H11ClO3/c1-2-14-8-3-4-9(11)7(5-8)6-10(12)13/h3-5H,2,6H2,1H3,(H,12,13). The Morgan fingerprint density at radius 1 is 1.57 bits per heavy atom. The molecule has 1 rings (SSSR count). The molecule has 0 amide bonds. The molecule has 0 aliphatic carbocycles. The molecule has 76 valence electrons. The normalized spacial score (nSPS) is 9.86. The van der Waals surface area contributed by atoms with Crippen molar-refractivity contribution in [3.8, 4) is 5.75 Å². The Balaban J connectivity index is 2.90. The van der Waals surface area contributed by atoms with Crippen molar-refractivity contribution in [1.82, 2.24) is 0 Å². The predicted molar refractivity (Wildman–Crippen MR) is 54.0 cm³/mol. The summed E-state index contributed by atoms with van der Waals surface area (Å²) in [5.41, 5.74) is 0.574. The highest BCUT2D eigenvalue weighted by Gasteiger charge is 2.06. The van der Waals surface area contributed by atoms with Gasteiger partial charge in [0, 0.05) is 5.02 Å². The van der Waals surface area contributed by atoms with E-state index in [-0.39, 0.29) is 6.42 Å². The smallest absolute Gasteiger partial charge is 0.307 e. The number of ether oxygens (including phenoxy) is 1. The van der Waals surface area contributed by atoms with Gasteiger partial charge in [-0.25, -0.2) is 0 Å². The van der Waals surface area contributed by atoms with Crippen molar-refractivity contribution in [1.29, 1.82) is 0 Å². The topological polar surface area (TPSA) is 46.5 Å². The van der Waals surface area contributed by atoms with Gasteiger partial charge in [-0.3, -0.25) is 4.79 Å². The van der Waals surface area contributed by atoms with Gasteiger partial charge in [-0.1, -0.05) is 11.6 Å². The summed E-state index contributed by atoms with van der Waals surface area (Å²) in [6.45, 7) is 2.42. The van der Waals surface area contributed by atoms with E-state index in [9.17, 15) is 4.79 Å². The van der Waals surface area contributed by atoms with Crippen molar-refractivity contribution in [2.75, 3.05) is 6.61 Å². The van der Waals surface area contributed by atoms with Crippen LogP contribution in [0.3, 0.4) is 0 Å². The van der Waals surface area contributed by atoms with Gasteiger partial charge < -0.3 is 9.84 Å². The van der Waals surface area contributed by atoms with Gasteiger partial charge in [-0.2, -0.15) is 0 Å². The van der Waals surface area contributed by atoms with Gasteiger partial charge in [-0.15, -0.1) is 0 Å². The molecule has 0 spiro atoms. The van der Waals surface area contributed by atoms with E-state index in [1.165, 1.54) is 0 Å². The summed E-state index contributed by atoms with van der Waals surface area (Å²) in [7, 11) is 0. The molecular weight excluding hydrogens is 204 g/mol. The highest BCUT2D eigenvalue weighted by molar-refractivity contribution is 6.31. The SMILES string of the molecule is CCOc1ccc(Cl)c(CC(=O)O)c1. The second-order valence-electron chi connectivity index (χ2n) is 2.76. The first kappa shape index (κ1) is 10.9. The molecule has 0 saturated heterocycles. The minimum Gasteiger partial charge on any atom is -0.494 e. The van der Waals surface area contributed by atoms with E-state index in [4.69, 9.17) is 21.4 Å². The van der Waals surface area contributed by atoms with Gasteiger partial charge in [-0.05, 0) is 30.7 Å². The largest absolute Gasteiger partial charge is 0.494 e. The third kappa shape index (κ3) is 2.92. The van der Waals surface area contributed by atoms with Gasteiger partial charge in [0.05, 0.1) is 13.0 Å². The van der Waals surface area contributed by atoms with Crippen LogP contribution >= 0.6 is 11.6 Å². The van der Waals surface area contributed by atoms with Gasteiger partial charge in [0.25, 0.3) is 0 Å². The summed E-state index contributed by atoms with van der Waals surface area (Å²) < 4.78 is 5.23. The molecule has 0 aliphatic rings. The first-order chi connectivity index (χ1) is 6.63. The molecular formula is C10H11ClO3. The molecule has 0 saturated carbocycles. The third-order valence-electron chi connectivity index (χ3n) is 1.67. The Morgan fingerprint density at radius 2 is 2.29 bits per heavy atom. The molecule has 0 atom stereocenters. The Kier molecular flexibility index (Phi) is 3.77. The number of carboxylic acid groups (broad SMARTS) is 1. The Bertz CT molecular complexity index is 336. The lowest BCUT2D eigenvalue weighted by molar-refractivity contribution is -0.136. The number of carboxylic acids is 1. The van der Waals surface area contributed by atoms with Crippen molar-refractivity contribution >= 4 is 17.6 Å². The number of hydrogen-bond acceptors (Lipinski definition) is 2. The first-order valence-electron chi connectivity index (χ1n) is 4.26. The van der Waals surface area contributed by atoms with Crippen LogP contribution in [-0.2, 0) is 11.2 Å². The molecule has 1 aromatic rings. The summed E-state index contributed by atoms with van der Waals surface area (Å²) >= 11 is 5.82. The Labute approximate surface area is 87.3 Å². The van der Waals surface area contributed by atoms with Crippen LogP contribution in [0.15, 0.2) is 18.2 Å². The third-order valence-corrected chi connectivity index (χ3v) is 2.04. The fourth-order valence-corrected chi connectivity index (χ4v) is 1.29. The van der Waals surface area contributed by atoms with Crippen LogP contribution < -0.4 is 4.74 Å². The maximum atomic E-state index is 10.5. The fourth-order valence-electron chi connectivity index (χ4n) is 1.11. The molecule has 0 aromatic heterocycles. The lowest BCUT2D eigenvalue weighted by Gasteiger charge is -2.06. The molecule has 0 fully saturated rings. The zero-order valence-electron chi connectivity index (χ0n) is 7.79. The van der Waals surface area contributed by atoms with Gasteiger partial charge in [0.15, 0.2) is 0 Å². The lowest BCUT2D eigenvalue weighted by atomic mass is 10.1. The quantitative estimate of drug-likeness (QED) is 0.837. The van der Waals surface area contributed by atoms with E-state index in [1.807, 2.05) is 6.92 Å². The fraction of sp³-hybridized carbons (Fsp3) is 0.300. The highest BCUT2D eigenvalue weighted by atomic mass is 35.5. The van der Waals surface area contributed by atoms with Gasteiger partial charge in [0.2, 0.25) is 0 Å². The minimum atomic E-state index is -0.902. The molecule has 14 heavy (non-hydrogen) atoms. The van der Waals surface area contributed by atoms with Gasteiger partial charge in [0.1, 0.15) is 5.75 Å². The van der Waals surface area contributed by atoms with E-state index in [1.54, 1.807) is 18.2 Å². The summed E-state index contributed by atoms with van der Waals surface area (Å²) in [4.78, 5) is 10.5. The van der Waals surface area contributed by atoms with E-state index in [2.05, 4.69) is 0 Å². The molecule has 0 heterocycles. The minimum absolute atomic E-state index is 0.0836. The summed E-state index contributed by atoms with van der Waals surface area (Å²) in [6.07, 6.45) is -0.0836. The van der Waals surface area contributed by atoms with Crippen LogP contribution in [0.25, 0.3) is 0 Å². The molecule has 3 nitrogen and oxygen atoms in total. The lowest BCUT2D eigenvalue weighted by Crippen LogP contribution is -2.01. The Hall–Kier alpha value is -1.22. The second kappa shape index (κ2) is 4.86. The molecule has 1 aromatic carbocycles. The van der Waals surface area contributed by atoms with Crippen LogP contribution in [0.1, 0.15) is 12.5 Å². The summed E-state index contributed by atoms with van der Waals surface area (Å²) in [6, 6.07) is 5.02. The van der Waals surface area contributed by atoms with Crippen LogP contribution in [0.4, 0.5) is 0 Å². The number of aliphatic carboxylic acids is 1. The zero-order chi connectivity index (χ0) is 10.6. The molecule has 1 N–H and O–H groups in total. The first-order valence-corrected chi connectivity index (χ1v) is 4.64. The van der Waals surface area contributed by atoms with Crippen molar-refractivity contribution in [3.63, 3.8) is 0 Å². The van der Waals surface area contributed by atoms with E-state index in [0.29, 0.717) is 22.9 Å². The maximum Gasteiger partial charge on any atom is 0.307 e. The van der Waals surface area contributed by atoms with Gasteiger partial charge >= 0.3 is 5.97 Å². The van der Waals surface area contributed by atoms with Crippen molar-refractivity contribution < 1.29 is 14.6 Å². The second-order valence-corrected chi connectivity index (χ2v) is 3.16. The Morgan fingerprint density at radius 3 is 2.86 bits per heavy atom. The molecule has 0 unspecified atom stereocenters. The van der Waals surface area contributed by atoms with Crippen molar-refractivity contribution in [2.45, 2.75) is 13.3 Å². The van der Waals surface area contributed by atoms with E-state index < -0.39 is 5.97 Å². The monoisotopic (exact) mass is 214 g/mol. The number of benzene rings is 1. The molecule has 4 heteroatoms. The molecule has 0 bridgehead atoms. The number of carbonyl (C=O) groups is 1. The van der Waals surface area contributed by atoms with E-state index in [0.717, 1.165) is 0 Å². The summed E-state index contributed by atoms with van der Waals surface area (Å²) in [5.74, 6) is -0.256. The van der Waals surface area contributed by atoms with Crippen LogP contribution in [-0.4, -0.2) is 17.7 Å².